The molecule has 2 aromatic carbocycles. The lowest BCUT2D eigenvalue weighted by Gasteiger charge is -2.20. The first-order valence-corrected chi connectivity index (χ1v) is 8.36. The summed E-state index contributed by atoms with van der Waals surface area (Å²) in [7, 11) is -4.06. The van der Waals surface area contributed by atoms with Crippen LogP contribution in [0.2, 0.25) is 0 Å². The Balaban J connectivity index is 2.62. The number of hydrogen-bond acceptors (Lipinski definition) is 6. The lowest BCUT2D eigenvalue weighted by atomic mass is 10.2. The molecule has 0 aromatic heterocycles. The quantitative estimate of drug-likeness (QED) is 0.648. The highest BCUT2D eigenvalue weighted by molar-refractivity contribution is 7.92. The molecule has 0 bridgehead atoms. The molecule has 2 aromatic rings. The van der Waals surface area contributed by atoms with E-state index in [1.807, 2.05) is 0 Å². The highest BCUT2D eigenvalue weighted by Gasteiger charge is 2.28. The fourth-order valence-electron chi connectivity index (χ4n) is 1.94. The average molecular weight is 351 g/mol. The van der Waals surface area contributed by atoms with Crippen molar-refractivity contribution in [2.75, 3.05) is 10.6 Å². The number of urea groups is 1. The zero-order chi connectivity index (χ0) is 17.9. The number of amides is 2. The van der Waals surface area contributed by atoms with Gasteiger partial charge in [0.2, 0.25) is 10.0 Å². The van der Waals surface area contributed by atoms with Gasteiger partial charge in [0, 0.05) is 6.07 Å². The first kappa shape index (κ1) is 17.2. The third-order valence-corrected chi connectivity index (χ3v) is 3.92. The molecule has 2 rings (SSSR count). The van der Waals surface area contributed by atoms with Crippen molar-refractivity contribution in [1.82, 2.24) is 0 Å². The van der Waals surface area contributed by atoms with E-state index in [9.17, 15) is 23.3 Å². The fourth-order valence-corrected chi connectivity index (χ4v) is 2.78. The van der Waals surface area contributed by atoms with Crippen LogP contribution in [0.25, 0.3) is 0 Å². The van der Waals surface area contributed by atoms with Gasteiger partial charge in [0.1, 0.15) is 11.4 Å². The van der Waals surface area contributed by atoms with Crippen LogP contribution in [0.4, 0.5) is 16.2 Å². The number of non-ortho nitro benzene ring substituents is 1. The van der Waals surface area contributed by atoms with Crippen molar-refractivity contribution in [3.63, 3.8) is 0 Å². The van der Waals surface area contributed by atoms with E-state index < -0.39 is 21.0 Å². The molecule has 10 heteroatoms. The van der Waals surface area contributed by atoms with Crippen molar-refractivity contribution in [2.24, 2.45) is 5.73 Å². The van der Waals surface area contributed by atoms with E-state index in [0.717, 1.165) is 24.5 Å². The van der Waals surface area contributed by atoms with E-state index in [-0.39, 0.29) is 17.1 Å². The number of carbonyl (C=O) groups excluding carboxylic acids is 1. The van der Waals surface area contributed by atoms with E-state index in [2.05, 4.69) is 0 Å². The monoisotopic (exact) mass is 351 g/mol. The Hall–Kier alpha value is -3.14. The van der Waals surface area contributed by atoms with Crippen LogP contribution in [-0.4, -0.2) is 25.6 Å². The van der Waals surface area contributed by atoms with Gasteiger partial charge >= 0.3 is 6.03 Å². The molecule has 2 amide bonds. The van der Waals surface area contributed by atoms with E-state index >= 15 is 0 Å². The molecule has 0 aliphatic carbocycles. The minimum atomic E-state index is -4.06. The van der Waals surface area contributed by atoms with E-state index in [1.54, 1.807) is 30.3 Å². The minimum Gasteiger partial charge on any atom is -0.455 e. The number of primary amides is 1. The first-order valence-electron chi connectivity index (χ1n) is 6.51. The zero-order valence-electron chi connectivity index (χ0n) is 12.4. The van der Waals surface area contributed by atoms with E-state index in [1.165, 1.54) is 0 Å². The number of ether oxygens (including phenoxy) is 1. The van der Waals surface area contributed by atoms with Crippen LogP contribution in [-0.2, 0) is 10.0 Å². The summed E-state index contributed by atoms with van der Waals surface area (Å²) in [6, 6.07) is 10.1. The predicted molar refractivity (Wildman–Crippen MR) is 86.5 cm³/mol. The summed E-state index contributed by atoms with van der Waals surface area (Å²) in [5.41, 5.74) is 4.58. The van der Waals surface area contributed by atoms with Crippen molar-refractivity contribution < 1.29 is 22.9 Å². The van der Waals surface area contributed by atoms with Gasteiger partial charge in [-0.05, 0) is 18.2 Å². The zero-order valence-corrected chi connectivity index (χ0v) is 13.3. The first-order chi connectivity index (χ1) is 11.2. The van der Waals surface area contributed by atoms with Crippen LogP contribution in [0.15, 0.2) is 48.5 Å². The molecule has 0 aliphatic rings. The summed E-state index contributed by atoms with van der Waals surface area (Å²) in [5, 5.41) is 10.9. The fraction of sp³-hybridized carbons (Fsp3) is 0.0714. The normalized spacial score (nSPS) is 10.9. The molecule has 0 atom stereocenters. The second kappa shape index (κ2) is 6.54. The molecule has 0 saturated carbocycles. The van der Waals surface area contributed by atoms with Crippen LogP contribution in [0.5, 0.6) is 11.5 Å². The van der Waals surface area contributed by atoms with Crippen molar-refractivity contribution in [3.05, 3.63) is 58.6 Å². The second-order valence-corrected chi connectivity index (χ2v) is 6.52. The van der Waals surface area contributed by atoms with Gasteiger partial charge in [0.05, 0.1) is 17.2 Å². The molecular formula is C14H13N3O6S. The van der Waals surface area contributed by atoms with Gasteiger partial charge in [0.15, 0.2) is 5.75 Å². The largest absolute Gasteiger partial charge is 0.455 e. The number of anilines is 1. The van der Waals surface area contributed by atoms with Gasteiger partial charge in [-0.3, -0.25) is 10.1 Å². The van der Waals surface area contributed by atoms with E-state index in [0.29, 0.717) is 10.1 Å². The third-order valence-electron chi connectivity index (χ3n) is 2.88. The van der Waals surface area contributed by atoms with Crippen molar-refractivity contribution in [3.8, 4) is 11.5 Å². The highest BCUT2D eigenvalue weighted by atomic mass is 32.2. The van der Waals surface area contributed by atoms with Gasteiger partial charge in [0.25, 0.3) is 5.69 Å². The summed E-state index contributed by atoms with van der Waals surface area (Å²) in [5.74, 6) is 0.108. The number of rotatable bonds is 5. The Morgan fingerprint density at radius 2 is 1.83 bits per heavy atom. The van der Waals surface area contributed by atoms with Crippen LogP contribution >= 0.6 is 0 Å². The molecule has 126 valence electrons. The van der Waals surface area contributed by atoms with Crippen LogP contribution in [0.3, 0.4) is 0 Å². The SMILES string of the molecule is CS(=O)(=O)N(C(N)=O)c1ccc([N+](=O)[O-])cc1Oc1ccccc1. The Labute approximate surface area is 137 Å². The lowest BCUT2D eigenvalue weighted by molar-refractivity contribution is -0.384. The van der Waals surface area contributed by atoms with Gasteiger partial charge in [-0.15, -0.1) is 0 Å². The molecule has 0 radical (unpaired) electrons. The molecule has 0 saturated heterocycles. The smallest absolute Gasteiger partial charge is 0.333 e. The molecule has 0 aliphatic heterocycles. The van der Waals surface area contributed by atoms with Crippen molar-refractivity contribution >= 4 is 27.4 Å². The predicted octanol–water partition coefficient (Wildman–Crippen LogP) is 2.23. The van der Waals surface area contributed by atoms with E-state index in [4.69, 9.17) is 10.5 Å². The Morgan fingerprint density at radius 1 is 1.21 bits per heavy atom. The topological polar surface area (TPSA) is 133 Å². The number of nitrogens with two attached hydrogens (primary N) is 1. The van der Waals surface area contributed by atoms with Crippen LogP contribution < -0.4 is 14.8 Å². The molecule has 0 unspecified atom stereocenters. The maximum absolute atomic E-state index is 11.8. The number of nitro groups is 1. The molecular weight excluding hydrogens is 338 g/mol. The molecule has 0 fully saturated rings. The molecule has 24 heavy (non-hydrogen) atoms. The molecule has 0 heterocycles. The van der Waals surface area contributed by atoms with Crippen LogP contribution in [0, 0.1) is 10.1 Å². The number of benzene rings is 2. The average Bonchev–Trinajstić information content (AvgIpc) is 2.48. The number of nitro benzene ring substituents is 1. The van der Waals surface area contributed by atoms with Crippen molar-refractivity contribution in [2.45, 2.75) is 0 Å². The van der Waals surface area contributed by atoms with Gasteiger partial charge in [-0.2, -0.15) is 4.31 Å². The maximum atomic E-state index is 11.8. The number of nitrogens with zero attached hydrogens (tertiary/aromatic N) is 2. The summed E-state index contributed by atoms with van der Waals surface area (Å²) < 4.78 is 29.5. The third kappa shape index (κ3) is 3.79. The summed E-state index contributed by atoms with van der Waals surface area (Å²) in [6.45, 7) is 0. The Kier molecular flexibility index (Phi) is 4.69. The number of carbonyl (C=O) groups is 1. The number of hydrogen-bond donors (Lipinski definition) is 1. The van der Waals surface area contributed by atoms with Gasteiger partial charge < -0.3 is 10.5 Å². The van der Waals surface area contributed by atoms with Gasteiger partial charge in [-0.25, -0.2) is 13.2 Å². The minimum absolute atomic E-state index is 0.195. The summed E-state index contributed by atoms with van der Waals surface area (Å²) in [4.78, 5) is 21.8. The summed E-state index contributed by atoms with van der Waals surface area (Å²) in [6.07, 6.45) is 0.783. The Morgan fingerprint density at radius 3 is 2.33 bits per heavy atom. The second-order valence-electron chi connectivity index (χ2n) is 4.69. The molecule has 0 spiro atoms. The maximum Gasteiger partial charge on any atom is 0.333 e. The van der Waals surface area contributed by atoms with Gasteiger partial charge in [-0.1, -0.05) is 18.2 Å². The number of sulfonamides is 1. The van der Waals surface area contributed by atoms with Crippen molar-refractivity contribution in [1.29, 1.82) is 0 Å². The summed E-state index contributed by atoms with van der Waals surface area (Å²) >= 11 is 0. The lowest BCUT2D eigenvalue weighted by Crippen LogP contribution is -2.40. The molecule has 2 N–H and O–H groups in total. The Bertz CT molecular complexity index is 883. The number of para-hydroxylation sites is 1. The molecule has 9 nitrogen and oxygen atoms in total. The highest BCUT2D eigenvalue weighted by Crippen LogP contribution is 2.36. The van der Waals surface area contributed by atoms with Crippen LogP contribution in [0.1, 0.15) is 0 Å². The standard InChI is InChI=1S/C14H13N3O6S/c1-24(21,22)16(14(15)18)12-8-7-10(17(19)20)9-13(12)23-11-5-3-2-4-6-11/h2-9H,1H3,(H2,15,18).